The van der Waals surface area contributed by atoms with Crippen molar-refractivity contribution in [2.45, 2.75) is 6.92 Å². The van der Waals surface area contributed by atoms with Crippen molar-refractivity contribution in [1.82, 2.24) is 5.16 Å². The summed E-state index contributed by atoms with van der Waals surface area (Å²) >= 11 is 12.5. The molecule has 3 aromatic rings. The van der Waals surface area contributed by atoms with Gasteiger partial charge in [0.2, 0.25) is 0 Å². The van der Waals surface area contributed by atoms with Crippen LogP contribution in [0.15, 0.2) is 52.0 Å². The van der Waals surface area contributed by atoms with E-state index >= 15 is 0 Å². The first-order chi connectivity index (χ1) is 11.1. The third-order valence-corrected chi connectivity index (χ3v) is 3.91. The quantitative estimate of drug-likeness (QED) is 0.557. The van der Waals surface area contributed by atoms with E-state index in [4.69, 9.17) is 27.7 Å². The molecular weight excluding hydrogens is 338 g/mol. The van der Waals surface area contributed by atoms with Gasteiger partial charge < -0.3 is 4.52 Å². The summed E-state index contributed by atoms with van der Waals surface area (Å²) in [6.07, 6.45) is 1.61. The Bertz CT molecular complexity index is 853. The number of nitrogens with zero attached hydrogens (tertiary/aromatic N) is 2. The van der Waals surface area contributed by atoms with E-state index < -0.39 is 0 Å². The van der Waals surface area contributed by atoms with Crippen LogP contribution in [0.3, 0.4) is 0 Å². The minimum absolute atomic E-state index is 0.311. The van der Waals surface area contributed by atoms with Crippen LogP contribution in [-0.2, 0) is 0 Å². The number of rotatable bonds is 3. The lowest BCUT2D eigenvalue weighted by Crippen LogP contribution is -1.89. The first kappa shape index (κ1) is 15.7. The zero-order valence-corrected chi connectivity index (χ0v) is 13.6. The summed E-state index contributed by atoms with van der Waals surface area (Å²) in [5, 5.41) is 4.99. The van der Waals surface area contributed by atoms with Crippen LogP contribution in [0.2, 0.25) is 10.0 Å². The van der Waals surface area contributed by atoms with E-state index in [1.54, 1.807) is 43.5 Å². The minimum Gasteiger partial charge on any atom is -0.360 e. The minimum atomic E-state index is -0.311. The fourth-order valence-corrected chi connectivity index (χ4v) is 2.68. The van der Waals surface area contributed by atoms with Crippen molar-refractivity contribution in [2.75, 3.05) is 0 Å². The lowest BCUT2D eigenvalue weighted by atomic mass is 10.1. The van der Waals surface area contributed by atoms with Crippen molar-refractivity contribution in [2.24, 2.45) is 4.99 Å². The SMILES string of the molecule is Cc1onc(-c2c(Cl)cccc2Cl)c1C=Nc1ccc(F)cc1. The number of benzene rings is 2. The van der Waals surface area contributed by atoms with Gasteiger partial charge in [0, 0.05) is 11.8 Å². The van der Waals surface area contributed by atoms with Crippen LogP contribution >= 0.6 is 23.2 Å². The molecule has 0 saturated carbocycles. The molecule has 1 aromatic heterocycles. The average molecular weight is 349 g/mol. The maximum atomic E-state index is 12.9. The maximum Gasteiger partial charge on any atom is 0.143 e. The zero-order valence-electron chi connectivity index (χ0n) is 12.1. The van der Waals surface area contributed by atoms with E-state index in [1.165, 1.54) is 12.1 Å². The van der Waals surface area contributed by atoms with Crippen molar-refractivity contribution in [1.29, 1.82) is 0 Å². The Balaban J connectivity index is 2.04. The third kappa shape index (κ3) is 3.28. The molecule has 1 heterocycles. The highest BCUT2D eigenvalue weighted by Gasteiger charge is 2.18. The zero-order chi connectivity index (χ0) is 16.4. The van der Waals surface area contributed by atoms with E-state index in [2.05, 4.69) is 10.1 Å². The summed E-state index contributed by atoms with van der Waals surface area (Å²) in [5.41, 5.74) is 2.39. The van der Waals surface area contributed by atoms with Gasteiger partial charge in [0.15, 0.2) is 0 Å². The topological polar surface area (TPSA) is 38.4 Å². The van der Waals surface area contributed by atoms with Crippen LogP contribution in [0.4, 0.5) is 10.1 Å². The largest absolute Gasteiger partial charge is 0.360 e. The first-order valence-electron chi connectivity index (χ1n) is 6.76. The second-order valence-corrected chi connectivity index (χ2v) is 5.65. The summed E-state index contributed by atoms with van der Waals surface area (Å²) in [4.78, 5) is 4.32. The number of aliphatic imine (C=N–C) groups is 1. The van der Waals surface area contributed by atoms with Crippen molar-refractivity contribution < 1.29 is 8.91 Å². The van der Waals surface area contributed by atoms with Crippen LogP contribution < -0.4 is 0 Å². The molecule has 23 heavy (non-hydrogen) atoms. The molecule has 2 aromatic carbocycles. The number of aryl methyl sites for hydroxylation is 1. The van der Waals surface area contributed by atoms with Gasteiger partial charge in [-0.1, -0.05) is 34.4 Å². The molecular formula is C17H11Cl2FN2O. The predicted octanol–water partition coefficient (Wildman–Crippen LogP) is 5.85. The van der Waals surface area contributed by atoms with Crippen LogP contribution in [0.25, 0.3) is 11.3 Å². The van der Waals surface area contributed by atoms with Gasteiger partial charge in [0.05, 0.1) is 21.3 Å². The molecule has 3 rings (SSSR count). The molecule has 3 nitrogen and oxygen atoms in total. The number of hydrogen-bond donors (Lipinski definition) is 0. The Labute approximate surface area is 142 Å². The molecule has 0 bridgehead atoms. The Hall–Kier alpha value is -2.17. The number of hydrogen-bond acceptors (Lipinski definition) is 3. The van der Waals surface area contributed by atoms with Crippen molar-refractivity contribution >= 4 is 35.1 Å². The van der Waals surface area contributed by atoms with Crippen molar-refractivity contribution in [3.05, 3.63) is 69.7 Å². The van der Waals surface area contributed by atoms with Crippen molar-refractivity contribution in [3.8, 4) is 11.3 Å². The van der Waals surface area contributed by atoms with Gasteiger partial charge in [0.1, 0.15) is 17.3 Å². The van der Waals surface area contributed by atoms with E-state index in [1.807, 2.05) is 0 Å². The molecule has 0 fully saturated rings. The summed E-state index contributed by atoms with van der Waals surface area (Å²) in [6.45, 7) is 1.77. The molecule has 116 valence electrons. The van der Waals surface area contributed by atoms with Crippen LogP contribution in [-0.4, -0.2) is 11.4 Å². The molecule has 0 aliphatic rings. The fourth-order valence-electron chi connectivity index (χ4n) is 2.10. The van der Waals surface area contributed by atoms with E-state index in [9.17, 15) is 4.39 Å². The molecule has 0 unspecified atom stereocenters. The van der Waals surface area contributed by atoms with Crippen LogP contribution in [0.5, 0.6) is 0 Å². The highest BCUT2D eigenvalue weighted by atomic mass is 35.5. The summed E-state index contributed by atoms with van der Waals surface area (Å²) in [6, 6.07) is 11.1. The Morgan fingerprint density at radius 1 is 1.09 bits per heavy atom. The fraction of sp³-hybridized carbons (Fsp3) is 0.0588. The average Bonchev–Trinajstić information content (AvgIpc) is 2.88. The smallest absolute Gasteiger partial charge is 0.143 e. The number of aromatic nitrogens is 1. The monoisotopic (exact) mass is 348 g/mol. The van der Waals surface area contributed by atoms with Gasteiger partial charge >= 0.3 is 0 Å². The second kappa shape index (κ2) is 6.52. The van der Waals surface area contributed by atoms with Crippen LogP contribution in [0.1, 0.15) is 11.3 Å². The number of halogens is 3. The molecule has 0 amide bonds. The van der Waals surface area contributed by atoms with E-state index in [-0.39, 0.29) is 5.82 Å². The highest BCUT2D eigenvalue weighted by molar-refractivity contribution is 6.39. The standard InChI is InChI=1S/C17H11Cl2FN2O/c1-10-13(9-21-12-7-5-11(20)6-8-12)17(22-23-10)16-14(18)3-2-4-15(16)19/h2-9H,1H3. The summed E-state index contributed by atoms with van der Waals surface area (Å²) in [7, 11) is 0. The second-order valence-electron chi connectivity index (χ2n) is 4.83. The van der Waals surface area contributed by atoms with Gasteiger partial charge in [-0.25, -0.2) is 4.39 Å². The van der Waals surface area contributed by atoms with Gasteiger partial charge in [-0.2, -0.15) is 0 Å². The molecule has 0 aliphatic carbocycles. The summed E-state index contributed by atoms with van der Waals surface area (Å²) < 4.78 is 18.2. The van der Waals surface area contributed by atoms with Crippen LogP contribution in [0, 0.1) is 12.7 Å². The Kier molecular flexibility index (Phi) is 4.46. The van der Waals surface area contributed by atoms with Gasteiger partial charge in [-0.05, 0) is 43.3 Å². The van der Waals surface area contributed by atoms with Gasteiger partial charge in [-0.3, -0.25) is 4.99 Å². The molecule has 0 saturated heterocycles. The predicted molar refractivity (Wildman–Crippen MR) is 90.4 cm³/mol. The first-order valence-corrected chi connectivity index (χ1v) is 7.52. The van der Waals surface area contributed by atoms with Crippen molar-refractivity contribution in [3.63, 3.8) is 0 Å². The molecule has 0 aliphatic heterocycles. The Morgan fingerprint density at radius 3 is 2.39 bits per heavy atom. The molecule has 0 N–H and O–H groups in total. The Morgan fingerprint density at radius 2 is 1.74 bits per heavy atom. The maximum absolute atomic E-state index is 12.9. The highest BCUT2D eigenvalue weighted by Crippen LogP contribution is 2.36. The summed E-state index contributed by atoms with van der Waals surface area (Å²) in [5.74, 6) is 0.274. The lowest BCUT2D eigenvalue weighted by Gasteiger charge is -2.04. The van der Waals surface area contributed by atoms with Gasteiger partial charge in [0.25, 0.3) is 0 Å². The van der Waals surface area contributed by atoms with E-state index in [0.29, 0.717) is 38.3 Å². The van der Waals surface area contributed by atoms with E-state index in [0.717, 1.165) is 0 Å². The molecule has 0 radical (unpaired) electrons. The molecule has 0 atom stereocenters. The van der Waals surface area contributed by atoms with Gasteiger partial charge in [-0.15, -0.1) is 0 Å². The third-order valence-electron chi connectivity index (χ3n) is 3.28. The normalized spacial score (nSPS) is 11.3. The molecule has 6 heteroatoms. The molecule has 0 spiro atoms. The lowest BCUT2D eigenvalue weighted by molar-refractivity contribution is 0.399.